The highest BCUT2D eigenvalue weighted by molar-refractivity contribution is 4.94. The summed E-state index contributed by atoms with van der Waals surface area (Å²) >= 11 is 0. The Morgan fingerprint density at radius 2 is 2.22 bits per heavy atom. The summed E-state index contributed by atoms with van der Waals surface area (Å²) in [5.74, 6) is 0. The van der Waals surface area contributed by atoms with Crippen molar-refractivity contribution in [1.82, 2.24) is 5.32 Å². The van der Waals surface area contributed by atoms with Gasteiger partial charge in [-0.1, -0.05) is 13.3 Å². The highest BCUT2D eigenvalue weighted by Crippen LogP contribution is 2.25. The Kier molecular flexibility index (Phi) is 3.05. The third-order valence-electron chi connectivity index (χ3n) is 1.86. The van der Waals surface area contributed by atoms with Gasteiger partial charge in [0.15, 0.2) is 0 Å². The molecule has 53 valence electrons. The molecule has 0 aromatic rings. The van der Waals surface area contributed by atoms with Crippen molar-refractivity contribution in [2.24, 2.45) is 0 Å². The predicted octanol–water partition coefficient (Wildman–Crippen LogP) is 2.09. The van der Waals surface area contributed by atoms with Gasteiger partial charge in [-0.05, 0) is 32.2 Å². The van der Waals surface area contributed by atoms with Crippen LogP contribution in [-0.4, -0.2) is 6.54 Å². The molecule has 1 radical (unpaired) electrons. The van der Waals surface area contributed by atoms with E-state index in [1.54, 1.807) is 6.04 Å². The molecule has 0 saturated heterocycles. The Bertz CT molecular complexity index is 67.0. The molecular weight excluding hydrogens is 110 g/mol. The standard InChI is InChI=1S/C8H16N/c1-2-3-7-9-8-5-4-6-8/h9H,2-7H2,1H3. The van der Waals surface area contributed by atoms with Crippen LogP contribution in [0.25, 0.3) is 0 Å². The Hall–Kier alpha value is -0.0400. The topological polar surface area (TPSA) is 12.0 Å². The quantitative estimate of drug-likeness (QED) is 0.569. The Morgan fingerprint density at radius 1 is 1.44 bits per heavy atom. The maximum atomic E-state index is 3.44. The maximum Gasteiger partial charge on any atom is 0.0364 e. The van der Waals surface area contributed by atoms with Gasteiger partial charge in [0.2, 0.25) is 0 Å². The van der Waals surface area contributed by atoms with Crippen molar-refractivity contribution in [2.45, 2.75) is 39.0 Å². The number of nitrogens with one attached hydrogen (secondary N) is 1. The van der Waals surface area contributed by atoms with Gasteiger partial charge in [-0.3, -0.25) is 0 Å². The molecule has 1 rings (SSSR count). The molecule has 0 spiro atoms. The van der Waals surface area contributed by atoms with Gasteiger partial charge in [-0.15, -0.1) is 0 Å². The van der Waals surface area contributed by atoms with Crippen LogP contribution in [0.4, 0.5) is 0 Å². The molecule has 1 fully saturated rings. The molecule has 1 aliphatic carbocycles. The van der Waals surface area contributed by atoms with Crippen molar-refractivity contribution in [1.29, 1.82) is 0 Å². The van der Waals surface area contributed by atoms with E-state index >= 15 is 0 Å². The van der Waals surface area contributed by atoms with E-state index in [2.05, 4.69) is 12.2 Å². The van der Waals surface area contributed by atoms with Crippen LogP contribution in [0, 0.1) is 6.04 Å². The number of hydrogen-bond donors (Lipinski definition) is 1. The average molecular weight is 126 g/mol. The van der Waals surface area contributed by atoms with Gasteiger partial charge in [-0.25, -0.2) is 0 Å². The lowest BCUT2D eigenvalue weighted by molar-refractivity contribution is 0.457. The van der Waals surface area contributed by atoms with Gasteiger partial charge >= 0.3 is 0 Å². The van der Waals surface area contributed by atoms with Crippen molar-refractivity contribution < 1.29 is 0 Å². The van der Waals surface area contributed by atoms with Crippen molar-refractivity contribution >= 4 is 0 Å². The minimum Gasteiger partial charge on any atom is -0.310 e. The average Bonchev–Trinajstić information content (AvgIpc) is 1.76. The smallest absolute Gasteiger partial charge is 0.0364 e. The van der Waals surface area contributed by atoms with Crippen molar-refractivity contribution in [3.63, 3.8) is 0 Å². The van der Waals surface area contributed by atoms with E-state index < -0.39 is 0 Å². The second-order valence-corrected chi connectivity index (χ2v) is 2.74. The minimum atomic E-state index is 1.20. The van der Waals surface area contributed by atoms with Crippen LogP contribution in [0.1, 0.15) is 39.0 Å². The Balaban J connectivity index is 1.80. The van der Waals surface area contributed by atoms with Gasteiger partial charge in [0, 0.05) is 6.04 Å². The van der Waals surface area contributed by atoms with Crippen LogP contribution < -0.4 is 5.32 Å². The summed E-state index contributed by atoms with van der Waals surface area (Å²) in [5, 5.41) is 3.44. The predicted molar refractivity (Wildman–Crippen MR) is 40.0 cm³/mol. The van der Waals surface area contributed by atoms with E-state index in [0.717, 1.165) is 0 Å². The molecule has 1 nitrogen and oxygen atoms in total. The van der Waals surface area contributed by atoms with Gasteiger partial charge in [0.05, 0.1) is 0 Å². The summed E-state index contributed by atoms with van der Waals surface area (Å²) in [6.07, 6.45) is 6.71. The first-order valence-corrected chi connectivity index (χ1v) is 4.02. The molecule has 1 N–H and O–H groups in total. The molecule has 1 heteroatoms. The lowest BCUT2D eigenvalue weighted by Crippen LogP contribution is -2.27. The van der Waals surface area contributed by atoms with E-state index in [-0.39, 0.29) is 0 Å². The molecule has 1 saturated carbocycles. The van der Waals surface area contributed by atoms with Gasteiger partial charge in [0.1, 0.15) is 0 Å². The van der Waals surface area contributed by atoms with Crippen molar-refractivity contribution in [3.05, 3.63) is 6.04 Å². The molecule has 0 atom stereocenters. The van der Waals surface area contributed by atoms with Crippen LogP contribution in [-0.2, 0) is 0 Å². The van der Waals surface area contributed by atoms with E-state index in [1.807, 2.05) is 0 Å². The lowest BCUT2D eigenvalue weighted by atomic mass is 9.93. The molecule has 0 unspecified atom stereocenters. The molecule has 0 amide bonds. The van der Waals surface area contributed by atoms with E-state index in [1.165, 1.54) is 38.6 Å². The first kappa shape index (κ1) is 7.07. The lowest BCUT2D eigenvalue weighted by Gasteiger charge is -2.25. The summed E-state index contributed by atoms with van der Waals surface area (Å²) in [5.41, 5.74) is 0. The summed E-state index contributed by atoms with van der Waals surface area (Å²) in [7, 11) is 0. The third-order valence-corrected chi connectivity index (χ3v) is 1.86. The minimum absolute atomic E-state index is 1.20. The van der Waals surface area contributed by atoms with Crippen molar-refractivity contribution in [2.75, 3.05) is 6.54 Å². The van der Waals surface area contributed by atoms with Gasteiger partial charge in [-0.2, -0.15) is 0 Å². The summed E-state index contributed by atoms with van der Waals surface area (Å²) in [6, 6.07) is 1.59. The van der Waals surface area contributed by atoms with Crippen LogP contribution in [0.5, 0.6) is 0 Å². The Morgan fingerprint density at radius 3 is 2.67 bits per heavy atom. The van der Waals surface area contributed by atoms with Crippen LogP contribution >= 0.6 is 0 Å². The largest absolute Gasteiger partial charge is 0.310 e. The van der Waals surface area contributed by atoms with Crippen LogP contribution in [0.2, 0.25) is 0 Å². The maximum absolute atomic E-state index is 3.44. The monoisotopic (exact) mass is 126 g/mol. The van der Waals surface area contributed by atoms with E-state index in [9.17, 15) is 0 Å². The molecule has 9 heavy (non-hydrogen) atoms. The highest BCUT2D eigenvalue weighted by Gasteiger charge is 2.16. The molecule has 0 heterocycles. The number of unbranched alkanes of at least 4 members (excludes halogenated alkanes) is 1. The molecular formula is C8H16N. The first-order valence-electron chi connectivity index (χ1n) is 4.02. The van der Waals surface area contributed by atoms with Crippen LogP contribution in [0.15, 0.2) is 0 Å². The second kappa shape index (κ2) is 3.89. The molecule has 0 bridgehead atoms. The zero-order valence-corrected chi connectivity index (χ0v) is 6.24. The SMILES string of the molecule is CCCCN[C]1CCC1. The third kappa shape index (κ3) is 2.35. The normalized spacial score (nSPS) is 19.7. The highest BCUT2D eigenvalue weighted by atomic mass is 14.9. The second-order valence-electron chi connectivity index (χ2n) is 2.74. The first-order chi connectivity index (χ1) is 4.43. The fraction of sp³-hybridized carbons (Fsp3) is 0.875. The summed E-state index contributed by atoms with van der Waals surface area (Å²) in [6.45, 7) is 3.43. The molecule has 0 aliphatic heterocycles. The summed E-state index contributed by atoms with van der Waals surface area (Å²) in [4.78, 5) is 0. The van der Waals surface area contributed by atoms with E-state index in [4.69, 9.17) is 0 Å². The van der Waals surface area contributed by atoms with E-state index in [0.29, 0.717) is 0 Å². The fourth-order valence-corrected chi connectivity index (χ4v) is 0.972. The molecule has 0 aromatic carbocycles. The molecule has 0 aromatic heterocycles. The fourth-order valence-electron chi connectivity index (χ4n) is 0.972. The summed E-state index contributed by atoms with van der Waals surface area (Å²) < 4.78 is 0. The van der Waals surface area contributed by atoms with Crippen LogP contribution in [0.3, 0.4) is 0 Å². The number of hydrogen-bond acceptors (Lipinski definition) is 1. The number of rotatable bonds is 4. The van der Waals surface area contributed by atoms with Gasteiger partial charge in [0.25, 0.3) is 0 Å². The van der Waals surface area contributed by atoms with Crippen molar-refractivity contribution in [3.8, 4) is 0 Å². The zero-order chi connectivity index (χ0) is 6.53. The Labute approximate surface area is 57.8 Å². The molecule has 1 aliphatic rings. The van der Waals surface area contributed by atoms with Gasteiger partial charge < -0.3 is 5.32 Å². The zero-order valence-electron chi connectivity index (χ0n) is 6.24.